The summed E-state index contributed by atoms with van der Waals surface area (Å²) >= 11 is 5.62. The van der Waals surface area contributed by atoms with Crippen molar-refractivity contribution in [1.29, 1.82) is 0 Å². The van der Waals surface area contributed by atoms with Crippen LogP contribution >= 0.6 is 11.6 Å². The van der Waals surface area contributed by atoms with E-state index in [9.17, 15) is 13.6 Å². The molecule has 0 heterocycles. The van der Waals surface area contributed by atoms with E-state index in [1.54, 1.807) is 0 Å². The summed E-state index contributed by atoms with van der Waals surface area (Å²) in [5, 5.41) is 8.90. The summed E-state index contributed by atoms with van der Waals surface area (Å²) in [7, 11) is 0. The molecule has 0 amide bonds. The Morgan fingerprint density at radius 3 is 2.60 bits per heavy atom. The highest BCUT2D eigenvalue weighted by Gasteiger charge is 2.13. The number of carboxylic acid groups (broad SMARTS) is 1. The van der Waals surface area contributed by atoms with E-state index in [0.717, 1.165) is 12.1 Å². The zero-order valence-corrected chi connectivity index (χ0v) is 10.8. The fourth-order valence-electron chi connectivity index (χ4n) is 1.59. The van der Waals surface area contributed by atoms with Gasteiger partial charge in [-0.2, -0.15) is 0 Å². The molecule has 2 aromatic carbocycles. The van der Waals surface area contributed by atoms with Gasteiger partial charge in [0.25, 0.3) is 0 Å². The molecule has 0 aliphatic rings. The van der Waals surface area contributed by atoms with E-state index in [-0.39, 0.29) is 22.9 Å². The molecular formula is C14H9ClF2O3. The maximum Gasteiger partial charge on any atom is 0.339 e. The minimum absolute atomic E-state index is 0.00802. The van der Waals surface area contributed by atoms with Gasteiger partial charge in [0.15, 0.2) is 0 Å². The van der Waals surface area contributed by atoms with Crippen LogP contribution in [-0.2, 0) is 6.61 Å². The number of halogens is 3. The standard InChI is InChI=1S/C14H9ClF2O3/c15-11-5-8(1-3-12(11)17)7-20-13-4-2-9(16)6-10(13)14(18)19/h1-6H,7H2,(H,18,19). The minimum atomic E-state index is -1.29. The second-order valence-corrected chi connectivity index (χ2v) is 4.39. The second kappa shape index (κ2) is 5.88. The third-order valence-electron chi connectivity index (χ3n) is 2.55. The van der Waals surface area contributed by atoms with Gasteiger partial charge in [-0.15, -0.1) is 0 Å². The van der Waals surface area contributed by atoms with Crippen molar-refractivity contribution >= 4 is 17.6 Å². The lowest BCUT2D eigenvalue weighted by Gasteiger charge is -2.09. The molecule has 2 aromatic rings. The Hall–Kier alpha value is -2.14. The molecule has 2 rings (SSSR count). The highest BCUT2D eigenvalue weighted by Crippen LogP contribution is 2.22. The summed E-state index contributed by atoms with van der Waals surface area (Å²) in [6, 6.07) is 7.22. The Kier molecular flexibility index (Phi) is 4.20. The lowest BCUT2D eigenvalue weighted by molar-refractivity contribution is 0.0691. The maximum atomic E-state index is 13.0. The summed E-state index contributed by atoms with van der Waals surface area (Å²) in [6.45, 7) is -0.00802. The van der Waals surface area contributed by atoms with Gasteiger partial charge in [0.05, 0.1) is 5.02 Å². The Balaban J connectivity index is 2.18. The number of hydrogen-bond acceptors (Lipinski definition) is 2. The minimum Gasteiger partial charge on any atom is -0.488 e. The van der Waals surface area contributed by atoms with Crippen molar-refractivity contribution in [3.05, 3.63) is 64.2 Å². The van der Waals surface area contributed by atoms with E-state index in [2.05, 4.69) is 0 Å². The molecule has 0 unspecified atom stereocenters. The Morgan fingerprint density at radius 1 is 1.20 bits per heavy atom. The fraction of sp³-hybridized carbons (Fsp3) is 0.0714. The average Bonchev–Trinajstić information content (AvgIpc) is 2.41. The van der Waals surface area contributed by atoms with Crippen molar-refractivity contribution in [2.75, 3.05) is 0 Å². The van der Waals surface area contributed by atoms with Crippen molar-refractivity contribution < 1.29 is 23.4 Å². The fourth-order valence-corrected chi connectivity index (χ4v) is 1.79. The summed E-state index contributed by atoms with van der Waals surface area (Å²) in [5.74, 6) is -2.49. The third kappa shape index (κ3) is 3.24. The molecule has 0 spiro atoms. The number of aromatic carboxylic acids is 1. The lowest BCUT2D eigenvalue weighted by atomic mass is 10.2. The molecule has 20 heavy (non-hydrogen) atoms. The molecule has 104 valence electrons. The summed E-state index contributed by atoms with van der Waals surface area (Å²) in [5.41, 5.74) is 0.287. The number of carbonyl (C=O) groups is 1. The first-order valence-corrected chi connectivity index (χ1v) is 5.95. The first-order valence-electron chi connectivity index (χ1n) is 5.57. The van der Waals surface area contributed by atoms with Crippen LogP contribution in [0.25, 0.3) is 0 Å². The van der Waals surface area contributed by atoms with E-state index in [0.29, 0.717) is 5.56 Å². The van der Waals surface area contributed by atoms with Crippen molar-refractivity contribution in [2.45, 2.75) is 6.61 Å². The van der Waals surface area contributed by atoms with Gasteiger partial charge in [-0.3, -0.25) is 0 Å². The van der Waals surface area contributed by atoms with Crippen molar-refractivity contribution in [2.24, 2.45) is 0 Å². The van der Waals surface area contributed by atoms with Gasteiger partial charge in [-0.05, 0) is 35.9 Å². The van der Waals surface area contributed by atoms with E-state index in [4.69, 9.17) is 21.4 Å². The molecule has 0 fully saturated rings. The largest absolute Gasteiger partial charge is 0.488 e. The molecule has 0 radical (unpaired) electrons. The van der Waals surface area contributed by atoms with Gasteiger partial charge in [-0.25, -0.2) is 13.6 Å². The summed E-state index contributed by atoms with van der Waals surface area (Å²) in [6.07, 6.45) is 0. The molecule has 0 saturated heterocycles. The quantitative estimate of drug-likeness (QED) is 0.931. The smallest absolute Gasteiger partial charge is 0.339 e. The zero-order valence-electron chi connectivity index (χ0n) is 10.1. The van der Waals surface area contributed by atoms with Crippen molar-refractivity contribution in [3.8, 4) is 5.75 Å². The molecule has 0 aliphatic carbocycles. The molecule has 0 aromatic heterocycles. The number of hydrogen-bond donors (Lipinski definition) is 1. The normalized spacial score (nSPS) is 10.3. The molecule has 0 aliphatic heterocycles. The number of ether oxygens (including phenoxy) is 1. The molecule has 3 nitrogen and oxygen atoms in total. The molecule has 0 saturated carbocycles. The Morgan fingerprint density at radius 2 is 1.95 bits per heavy atom. The first-order chi connectivity index (χ1) is 9.47. The average molecular weight is 299 g/mol. The second-order valence-electron chi connectivity index (χ2n) is 3.98. The third-order valence-corrected chi connectivity index (χ3v) is 2.84. The van der Waals surface area contributed by atoms with Crippen LogP contribution in [0.4, 0.5) is 8.78 Å². The van der Waals surface area contributed by atoms with Crippen molar-refractivity contribution in [3.63, 3.8) is 0 Å². The topological polar surface area (TPSA) is 46.5 Å². The van der Waals surface area contributed by atoms with Gasteiger partial charge >= 0.3 is 5.97 Å². The van der Waals surface area contributed by atoms with Gasteiger partial charge in [0.2, 0.25) is 0 Å². The van der Waals surface area contributed by atoms with Crippen LogP contribution in [-0.4, -0.2) is 11.1 Å². The van der Waals surface area contributed by atoms with E-state index in [1.807, 2.05) is 0 Å². The van der Waals surface area contributed by atoms with Crippen molar-refractivity contribution in [1.82, 2.24) is 0 Å². The van der Waals surface area contributed by atoms with Crippen LogP contribution in [0.2, 0.25) is 5.02 Å². The number of rotatable bonds is 4. The Bertz CT molecular complexity index is 659. The maximum absolute atomic E-state index is 13.0. The molecule has 1 N–H and O–H groups in total. The van der Waals surface area contributed by atoms with Gasteiger partial charge in [0.1, 0.15) is 29.6 Å². The van der Waals surface area contributed by atoms with Gasteiger partial charge in [-0.1, -0.05) is 17.7 Å². The monoisotopic (exact) mass is 298 g/mol. The number of carboxylic acids is 1. The lowest BCUT2D eigenvalue weighted by Crippen LogP contribution is -2.04. The SMILES string of the molecule is O=C(O)c1cc(F)ccc1OCc1ccc(F)c(Cl)c1. The summed E-state index contributed by atoms with van der Waals surface area (Å²) in [4.78, 5) is 11.0. The van der Waals surface area contributed by atoms with Crippen LogP contribution in [0.5, 0.6) is 5.75 Å². The van der Waals surface area contributed by atoms with Crippen LogP contribution in [0.15, 0.2) is 36.4 Å². The Labute approximate surface area is 118 Å². The van der Waals surface area contributed by atoms with Crippen LogP contribution < -0.4 is 4.74 Å². The van der Waals surface area contributed by atoms with Gasteiger partial charge < -0.3 is 9.84 Å². The zero-order chi connectivity index (χ0) is 14.7. The highest BCUT2D eigenvalue weighted by atomic mass is 35.5. The molecule has 0 atom stereocenters. The molecule has 0 bridgehead atoms. The summed E-state index contributed by atoms with van der Waals surface area (Å²) < 4.78 is 31.3. The molecule has 6 heteroatoms. The number of benzene rings is 2. The van der Waals surface area contributed by atoms with Crippen LogP contribution in [0, 0.1) is 11.6 Å². The van der Waals surface area contributed by atoms with Crippen LogP contribution in [0.3, 0.4) is 0 Å². The predicted octanol–water partition coefficient (Wildman–Crippen LogP) is 3.90. The van der Waals surface area contributed by atoms with E-state index >= 15 is 0 Å². The van der Waals surface area contributed by atoms with E-state index < -0.39 is 17.6 Å². The highest BCUT2D eigenvalue weighted by molar-refractivity contribution is 6.30. The van der Waals surface area contributed by atoms with E-state index in [1.165, 1.54) is 24.3 Å². The first kappa shape index (κ1) is 14.3. The van der Waals surface area contributed by atoms with Gasteiger partial charge in [0, 0.05) is 0 Å². The van der Waals surface area contributed by atoms with Crippen LogP contribution in [0.1, 0.15) is 15.9 Å². The molecular weight excluding hydrogens is 290 g/mol. The predicted molar refractivity (Wildman–Crippen MR) is 69.1 cm³/mol.